The number of aromatic nitrogens is 1. The number of hydrogen-bond donors (Lipinski definition) is 1. The van der Waals surface area contributed by atoms with Crippen LogP contribution in [0.2, 0.25) is 5.02 Å². The highest BCUT2D eigenvalue weighted by Crippen LogP contribution is 2.22. The number of aryl methyl sites for hydroxylation is 1. The molecule has 0 unspecified atom stereocenters. The van der Waals surface area contributed by atoms with E-state index in [-0.39, 0.29) is 29.5 Å². The molecule has 1 aromatic carbocycles. The molecule has 0 spiro atoms. The number of nitrogens with one attached hydrogen (secondary N) is 1. The maximum Gasteiger partial charge on any atom is 0.355 e. The summed E-state index contributed by atoms with van der Waals surface area (Å²) < 4.78 is 23.8. The molecule has 1 heterocycles. The van der Waals surface area contributed by atoms with Crippen LogP contribution in [0.5, 0.6) is 0 Å². The summed E-state index contributed by atoms with van der Waals surface area (Å²) in [5, 5.41) is 0.175. The molecule has 2 aromatic rings. The average molecular weight is 354 g/mol. The van der Waals surface area contributed by atoms with Crippen LogP contribution in [-0.4, -0.2) is 23.5 Å². The van der Waals surface area contributed by atoms with Gasteiger partial charge in [0.2, 0.25) is 0 Å². The van der Waals surface area contributed by atoms with Crippen LogP contribution in [0.15, 0.2) is 18.2 Å². The largest absolute Gasteiger partial charge is 0.462 e. The van der Waals surface area contributed by atoms with Gasteiger partial charge in [-0.15, -0.1) is 0 Å². The number of hydrogen-bond acceptors (Lipinski definition) is 4. The summed E-state index contributed by atoms with van der Waals surface area (Å²) in [5.74, 6) is -1.77. The average Bonchev–Trinajstić information content (AvgIpc) is 2.81. The van der Waals surface area contributed by atoms with E-state index in [0.717, 1.165) is 0 Å². The van der Waals surface area contributed by atoms with E-state index in [2.05, 4.69) is 4.98 Å². The first kappa shape index (κ1) is 18.0. The summed E-state index contributed by atoms with van der Waals surface area (Å²) in [6.45, 7) is 4.89. The molecule has 0 atom stereocenters. The van der Waals surface area contributed by atoms with Crippen LogP contribution in [0, 0.1) is 19.7 Å². The van der Waals surface area contributed by atoms with Crippen molar-refractivity contribution in [2.24, 2.45) is 0 Å². The SMILES string of the molecule is CCOC(=O)c1c(C)[nH]c(C(=O)OCc2c(F)cccc2Cl)c1C. The first-order chi connectivity index (χ1) is 11.4. The number of rotatable bonds is 5. The second-order valence-electron chi connectivity index (χ2n) is 5.12. The summed E-state index contributed by atoms with van der Waals surface area (Å²) in [4.78, 5) is 27.0. The summed E-state index contributed by atoms with van der Waals surface area (Å²) in [6.07, 6.45) is 0. The van der Waals surface area contributed by atoms with Gasteiger partial charge in [-0.3, -0.25) is 0 Å². The van der Waals surface area contributed by atoms with Crippen LogP contribution in [0.4, 0.5) is 4.39 Å². The van der Waals surface area contributed by atoms with Gasteiger partial charge in [-0.25, -0.2) is 14.0 Å². The summed E-state index contributed by atoms with van der Waals surface area (Å²) >= 11 is 5.90. The lowest BCUT2D eigenvalue weighted by atomic mass is 10.1. The monoisotopic (exact) mass is 353 g/mol. The van der Waals surface area contributed by atoms with Crippen LogP contribution < -0.4 is 0 Å². The second-order valence-corrected chi connectivity index (χ2v) is 5.53. The van der Waals surface area contributed by atoms with E-state index in [1.54, 1.807) is 20.8 Å². The van der Waals surface area contributed by atoms with Crippen molar-refractivity contribution >= 4 is 23.5 Å². The molecule has 1 N–H and O–H groups in total. The van der Waals surface area contributed by atoms with E-state index in [0.29, 0.717) is 16.8 Å². The Kier molecular flexibility index (Phi) is 5.62. The third-order valence-corrected chi connectivity index (χ3v) is 3.88. The minimum Gasteiger partial charge on any atom is -0.462 e. The topological polar surface area (TPSA) is 68.4 Å². The maximum absolute atomic E-state index is 13.7. The Morgan fingerprint density at radius 1 is 1.21 bits per heavy atom. The van der Waals surface area contributed by atoms with Gasteiger partial charge in [-0.2, -0.15) is 0 Å². The zero-order chi connectivity index (χ0) is 17.9. The lowest BCUT2D eigenvalue weighted by molar-refractivity contribution is 0.0462. The molecule has 0 bridgehead atoms. The molecule has 0 amide bonds. The van der Waals surface area contributed by atoms with Crippen molar-refractivity contribution in [3.05, 3.63) is 57.1 Å². The summed E-state index contributed by atoms with van der Waals surface area (Å²) in [6, 6.07) is 4.21. The first-order valence-corrected chi connectivity index (χ1v) is 7.70. The minimum absolute atomic E-state index is 0.0964. The van der Waals surface area contributed by atoms with Crippen LogP contribution in [0.25, 0.3) is 0 Å². The van der Waals surface area contributed by atoms with Crippen molar-refractivity contribution in [2.45, 2.75) is 27.4 Å². The normalized spacial score (nSPS) is 10.5. The lowest BCUT2D eigenvalue weighted by Gasteiger charge is -2.07. The van der Waals surface area contributed by atoms with Crippen molar-refractivity contribution in [2.75, 3.05) is 6.61 Å². The number of aromatic amines is 1. The molecule has 24 heavy (non-hydrogen) atoms. The minimum atomic E-state index is -0.703. The van der Waals surface area contributed by atoms with Gasteiger partial charge in [0, 0.05) is 11.3 Å². The van der Waals surface area contributed by atoms with Gasteiger partial charge in [0.05, 0.1) is 17.2 Å². The van der Waals surface area contributed by atoms with Crippen molar-refractivity contribution in [3.63, 3.8) is 0 Å². The molecule has 0 radical (unpaired) electrons. The molecule has 1 aromatic heterocycles. The van der Waals surface area contributed by atoms with E-state index >= 15 is 0 Å². The predicted octanol–water partition coefficient (Wildman–Crippen LogP) is 3.96. The number of carbonyl (C=O) groups is 2. The Bertz CT molecular complexity index is 765. The fourth-order valence-corrected chi connectivity index (χ4v) is 2.56. The molecule has 5 nitrogen and oxygen atoms in total. The number of halogens is 2. The van der Waals surface area contributed by atoms with Crippen LogP contribution >= 0.6 is 11.6 Å². The molecule has 0 fully saturated rings. The highest BCUT2D eigenvalue weighted by atomic mass is 35.5. The van der Waals surface area contributed by atoms with E-state index in [1.165, 1.54) is 18.2 Å². The van der Waals surface area contributed by atoms with E-state index < -0.39 is 17.8 Å². The lowest BCUT2D eigenvalue weighted by Crippen LogP contribution is -2.10. The van der Waals surface area contributed by atoms with Crippen LogP contribution in [0.3, 0.4) is 0 Å². The Labute approximate surface area is 143 Å². The number of carbonyl (C=O) groups excluding carboxylic acids is 2. The molecule has 128 valence electrons. The van der Waals surface area contributed by atoms with Crippen molar-refractivity contribution < 1.29 is 23.5 Å². The van der Waals surface area contributed by atoms with E-state index in [1.807, 2.05) is 0 Å². The maximum atomic E-state index is 13.7. The number of H-pyrrole nitrogens is 1. The molecule has 0 aliphatic rings. The number of benzene rings is 1. The van der Waals surface area contributed by atoms with Gasteiger partial charge in [-0.05, 0) is 38.5 Å². The Hall–Kier alpha value is -2.34. The van der Waals surface area contributed by atoms with Crippen LogP contribution in [0.1, 0.15) is 44.6 Å². The molecule has 0 aliphatic heterocycles. The fourth-order valence-electron chi connectivity index (χ4n) is 2.34. The number of ether oxygens (including phenoxy) is 2. The predicted molar refractivity (Wildman–Crippen MR) is 86.8 cm³/mol. The molecule has 0 aliphatic carbocycles. The third-order valence-electron chi connectivity index (χ3n) is 3.53. The van der Waals surface area contributed by atoms with Gasteiger partial charge < -0.3 is 14.5 Å². The molecule has 0 saturated heterocycles. The van der Waals surface area contributed by atoms with Gasteiger partial charge >= 0.3 is 11.9 Å². The van der Waals surface area contributed by atoms with Gasteiger partial charge in [0.25, 0.3) is 0 Å². The first-order valence-electron chi connectivity index (χ1n) is 7.33. The van der Waals surface area contributed by atoms with Crippen molar-refractivity contribution in [1.82, 2.24) is 4.98 Å². The van der Waals surface area contributed by atoms with E-state index in [9.17, 15) is 14.0 Å². The highest BCUT2D eigenvalue weighted by Gasteiger charge is 2.24. The molecule has 0 saturated carbocycles. The quantitative estimate of drug-likeness (QED) is 0.826. The zero-order valence-electron chi connectivity index (χ0n) is 13.5. The molecular weight excluding hydrogens is 337 g/mol. The zero-order valence-corrected chi connectivity index (χ0v) is 14.3. The Morgan fingerprint density at radius 3 is 2.54 bits per heavy atom. The summed E-state index contributed by atoms with van der Waals surface area (Å²) in [5.41, 5.74) is 1.45. The number of esters is 2. The molecule has 2 rings (SSSR count). The van der Waals surface area contributed by atoms with Gasteiger partial charge in [0.1, 0.15) is 18.1 Å². The smallest absolute Gasteiger partial charge is 0.355 e. The Balaban J connectivity index is 2.19. The van der Waals surface area contributed by atoms with E-state index in [4.69, 9.17) is 21.1 Å². The Morgan fingerprint density at radius 2 is 1.92 bits per heavy atom. The van der Waals surface area contributed by atoms with Crippen molar-refractivity contribution in [1.29, 1.82) is 0 Å². The second kappa shape index (κ2) is 7.49. The third kappa shape index (κ3) is 3.59. The van der Waals surface area contributed by atoms with Crippen molar-refractivity contribution in [3.8, 4) is 0 Å². The van der Waals surface area contributed by atoms with Gasteiger partial charge in [0.15, 0.2) is 0 Å². The summed E-state index contributed by atoms with van der Waals surface area (Å²) in [7, 11) is 0. The van der Waals surface area contributed by atoms with Gasteiger partial charge in [-0.1, -0.05) is 17.7 Å². The highest BCUT2D eigenvalue weighted by molar-refractivity contribution is 6.31. The molecular formula is C17H17ClFNO4. The van der Waals surface area contributed by atoms with Crippen LogP contribution in [-0.2, 0) is 16.1 Å². The standard InChI is InChI=1S/C17H17ClFNO4/c1-4-23-16(21)14-9(2)15(20-10(14)3)17(22)24-8-11-12(18)6-5-7-13(11)19/h5-7,20H,4,8H2,1-3H3. The fraction of sp³-hybridized carbons (Fsp3) is 0.294. The molecule has 7 heteroatoms.